The maximum atomic E-state index is 12.6. The van der Waals surface area contributed by atoms with Gasteiger partial charge in [0.2, 0.25) is 11.8 Å². The molecule has 0 bridgehead atoms. The second kappa shape index (κ2) is 7.62. The van der Waals surface area contributed by atoms with Crippen LogP contribution in [0.25, 0.3) is 0 Å². The number of piperidine rings is 1. The van der Waals surface area contributed by atoms with E-state index in [0.717, 1.165) is 24.9 Å². The molecule has 6 nitrogen and oxygen atoms in total. The molecule has 1 aromatic carbocycles. The number of amides is 2. The number of carbonyl (C=O) groups excluding carboxylic acids is 2. The first kappa shape index (κ1) is 18.5. The Morgan fingerprint density at radius 3 is 2.39 bits per heavy atom. The number of benzene rings is 1. The third kappa shape index (κ3) is 3.86. The molecule has 2 aromatic rings. The average molecular weight is 379 g/mol. The van der Waals surface area contributed by atoms with E-state index in [2.05, 4.69) is 0 Å². The summed E-state index contributed by atoms with van der Waals surface area (Å²) in [5, 5.41) is 0. The number of rotatable bonds is 4. The monoisotopic (exact) mass is 379 g/mol. The Hall–Kier alpha value is -2.89. The Labute approximate surface area is 164 Å². The third-order valence-electron chi connectivity index (χ3n) is 6.00. The van der Waals surface area contributed by atoms with Gasteiger partial charge >= 0.3 is 0 Å². The van der Waals surface area contributed by atoms with Crippen LogP contribution in [0.5, 0.6) is 0 Å². The van der Waals surface area contributed by atoms with Crippen LogP contribution in [-0.2, 0) is 22.7 Å². The van der Waals surface area contributed by atoms with Crippen molar-refractivity contribution in [1.29, 1.82) is 0 Å². The molecule has 0 aliphatic carbocycles. The van der Waals surface area contributed by atoms with Crippen LogP contribution >= 0.6 is 0 Å². The highest BCUT2D eigenvalue weighted by molar-refractivity contribution is 5.80. The first-order valence-corrected chi connectivity index (χ1v) is 9.80. The molecule has 2 fully saturated rings. The minimum absolute atomic E-state index is 0.0216. The summed E-state index contributed by atoms with van der Waals surface area (Å²) in [6.07, 6.45) is 3.88. The molecule has 2 amide bonds. The molecule has 0 saturated carbocycles. The van der Waals surface area contributed by atoms with Crippen molar-refractivity contribution in [3.8, 4) is 0 Å². The highest BCUT2D eigenvalue weighted by Gasteiger charge is 2.45. The highest BCUT2D eigenvalue weighted by Crippen LogP contribution is 2.41. The predicted molar refractivity (Wildman–Crippen MR) is 105 cm³/mol. The number of nitrogens with zero attached hydrogens (tertiary/aromatic N) is 3. The van der Waals surface area contributed by atoms with E-state index >= 15 is 0 Å². The fraction of sp³-hybridized carbons (Fsp3) is 0.409. The molecule has 0 radical (unpaired) electrons. The zero-order chi connectivity index (χ0) is 19.6. The van der Waals surface area contributed by atoms with Gasteiger partial charge in [0, 0.05) is 50.3 Å². The second-order valence-corrected chi connectivity index (χ2v) is 7.96. The Morgan fingerprint density at radius 2 is 1.68 bits per heavy atom. The summed E-state index contributed by atoms with van der Waals surface area (Å²) in [6.45, 7) is 2.79. The van der Waals surface area contributed by atoms with Gasteiger partial charge in [-0.1, -0.05) is 36.4 Å². The van der Waals surface area contributed by atoms with Crippen molar-refractivity contribution in [2.24, 2.45) is 5.41 Å². The van der Waals surface area contributed by atoms with Crippen molar-refractivity contribution in [2.75, 3.05) is 19.6 Å². The molecule has 1 aromatic heterocycles. The van der Waals surface area contributed by atoms with Crippen molar-refractivity contribution < 1.29 is 9.59 Å². The summed E-state index contributed by atoms with van der Waals surface area (Å²) >= 11 is 0. The van der Waals surface area contributed by atoms with Gasteiger partial charge in [0.1, 0.15) is 6.54 Å². The summed E-state index contributed by atoms with van der Waals surface area (Å²) in [5.74, 6) is 0.174. The molecule has 0 unspecified atom stereocenters. The van der Waals surface area contributed by atoms with E-state index in [0.29, 0.717) is 26.1 Å². The minimum atomic E-state index is -0.165. The molecule has 0 atom stereocenters. The highest BCUT2D eigenvalue weighted by atomic mass is 16.2. The summed E-state index contributed by atoms with van der Waals surface area (Å²) in [4.78, 5) is 40.7. The van der Waals surface area contributed by atoms with Crippen molar-refractivity contribution >= 4 is 11.8 Å². The van der Waals surface area contributed by atoms with Crippen LogP contribution in [0.4, 0.5) is 0 Å². The number of carbonyl (C=O) groups is 2. The van der Waals surface area contributed by atoms with E-state index in [1.807, 2.05) is 40.1 Å². The lowest BCUT2D eigenvalue weighted by molar-refractivity contribution is -0.134. The molecule has 28 heavy (non-hydrogen) atoms. The smallest absolute Gasteiger partial charge is 0.250 e. The van der Waals surface area contributed by atoms with Gasteiger partial charge < -0.3 is 14.4 Å². The van der Waals surface area contributed by atoms with Gasteiger partial charge in [0.05, 0.1) is 0 Å². The molecular formula is C22H25N3O3. The fourth-order valence-corrected chi connectivity index (χ4v) is 4.33. The molecule has 2 aliphatic rings. The lowest BCUT2D eigenvalue weighted by Gasteiger charge is -2.39. The molecule has 2 aliphatic heterocycles. The van der Waals surface area contributed by atoms with Crippen LogP contribution in [0.1, 0.15) is 24.8 Å². The molecule has 3 heterocycles. The maximum Gasteiger partial charge on any atom is 0.250 e. The van der Waals surface area contributed by atoms with Gasteiger partial charge in [0.15, 0.2) is 0 Å². The van der Waals surface area contributed by atoms with Crippen LogP contribution in [0.15, 0.2) is 59.5 Å². The number of likely N-dealkylation sites (tertiary alicyclic amines) is 2. The molecule has 4 rings (SSSR count). The molecule has 6 heteroatoms. The van der Waals surface area contributed by atoms with Gasteiger partial charge in [0.25, 0.3) is 5.56 Å². The Kier molecular flexibility index (Phi) is 5.03. The van der Waals surface area contributed by atoms with Gasteiger partial charge in [-0.15, -0.1) is 0 Å². The summed E-state index contributed by atoms with van der Waals surface area (Å²) in [6, 6.07) is 15.0. The van der Waals surface area contributed by atoms with Gasteiger partial charge in [-0.2, -0.15) is 0 Å². The van der Waals surface area contributed by atoms with Crippen molar-refractivity contribution in [3.63, 3.8) is 0 Å². The number of hydrogen-bond donors (Lipinski definition) is 0. The van der Waals surface area contributed by atoms with Gasteiger partial charge in [-0.3, -0.25) is 14.4 Å². The van der Waals surface area contributed by atoms with Crippen LogP contribution in [0.2, 0.25) is 0 Å². The lowest BCUT2D eigenvalue weighted by atomic mass is 9.77. The van der Waals surface area contributed by atoms with E-state index in [1.54, 1.807) is 18.3 Å². The summed E-state index contributed by atoms with van der Waals surface area (Å²) in [7, 11) is 0. The molecule has 1 spiro atoms. The van der Waals surface area contributed by atoms with E-state index in [9.17, 15) is 14.4 Å². The largest absolute Gasteiger partial charge is 0.341 e. The van der Waals surface area contributed by atoms with E-state index < -0.39 is 0 Å². The first-order valence-electron chi connectivity index (χ1n) is 9.80. The standard InChI is InChI=1S/C22H25N3O3/c26-19-8-4-5-11-24(19)16-21(28)23-12-9-22(10-13-23)14-20(27)25(17-22)15-18-6-2-1-3-7-18/h1-8,11H,9-10,12-17H2. The Morgan fingerprint density at radius 1 is 0.964 bits per heavy atom. The number of pyridine rings is 1. The van der Waals surface area contributed by atoms with Crippen LogP contribution < -0.4 is 5.56 Å². The third-order valence-corrected chi connectivity index (χ3v) is 6.00. The summed E-state index contributed by atoms with van der Waals surface area (Å²) < 4.78 is 1.44. The average Bonchev–Trinajstić information content (AvgIpc) is 2.99. The van der Waals surface area contributed by atoms with Crippen molar-refractivity contribution in [2.45, 2.75) is 32.4 Å². The second-order valence-electron chi connectivity index (χ2n) is 7.96. The van der Waals surface area contributed by atoms with Crippen LogP contribution in [0.3, 0.4) is 0 Å². The zero-order valence-electron chi connectivity index (χ0n) is 15.9. The predicted octanol–water partition coefficient (Wildman–Crippen LogP) is 1.89. The maximum absolute atomic E-state index is 12.6. The van der Waals surface area contributed by atoms with E-state index in [1.165, 1.54) is 10.6 Å². The van der Waals surface area contributed by atoms with Crippen LogP contribution in [0, 0.1) is 5.41 Å². The number of aromatic nitrogens is 1. The van der Waals surface area contributed by atoms with Gasteiger partial charge in [-0.05, 0) is 24.5 Å². The minimum Gasteiger partial charge on any atom is -0.341 e. The normalized spacial score (nSPS) is 18.6. The van der Waals surface area contributed by atoms with Crippen molar-refractivity contribution in [3.05, 3.63) is 70.6 Å². The zero-order valence-corrected chi connectivity index (χ0v) is 15.9. The molecule has 0 N–H and O–H groups in total. The molecule has 2 saturated heterocycles. The Bertz CT molecular complexity index is 914. The lowest BCUT2D eigenvalue weighted by Crippen LogP contribution is -2.45. The van der Waals surface area contributed by atoms with Crippen molar-refractivity contribution in [1.82, 2.24) is 14.4 Å². The fourth-order valence-electron chi connectivity index (χ4n) is 4.33. The summed E-state index contributed by atoms with van der Waals surface area (Å²) in [5.41, 5.74) is 0.961. The van der Waals surface area contributed by atoms with E-state index in [4.69, 9.17) is 0 Å². The molecular weight excluding hydrogens is 354 g/mol. The topological polar surface area (TPSA) is 62.6 Å². The number of hydrogen-bond acceptors (Lipinski definition) is 3. The quantitative estimate of drug-likeness (QED) is 0.815. The SMILES string of the molecule is O=C(Cn1ccccc1=O)N1CCC2(CC1)CC(=O)N(Cc1ccccc1)C2. The van der Waals surface area contributed by atoms with Crippen LogP contribution in [-0.4, -0.2) is 45.8 Å². The molecule has 146 valence electrons. The Balaban J connectivity index is 1.34. The van der Waals surface area contributed by atoms with E-state index in [-0.39, 0.29) is 29.3 Å². The van der Waals surface area contributed by atoms with Gasteiger partial charge in [-0.25, -0.2) is 0 Å². The first-order chi connectivity index (χ1) is 13.5.